The predicted molar refractivity (Wildman–Crippen MR) is 107 cm³/mol. The van der Waals surface area contributed by atoms with Crippen molar-refractivity contribution in [2.45, 2.75) is 37.6 Å². The number of hydrogen-bond donors (Lipinski definition) is 2. The molecule has 0 saturated carbocycles. The lowest BCUT2D eigenvalue weighted by Gasteiger charge is -2.13. The minimum Gasteiger partial charge on any atom is -0.383 e. The maximum absolute atomic E-state index is 12.3. The minimum absolute atomic E-state index is 0.129. The Morgan fingerprint density at radius 2 is 1.59 bits per heavy atom. The molecule has 0 radical (unpaired) electrons. The summed E-state index contributed by atoms with van der Waals surface area (Å²) in [6.45, 7) is 6.19. The SMILES string of the molecule is COCC(C)NS(=O)(=O)c1ccc(NC(=O)c2ccc(C(C)C)cc2)cc1. The number of ether oxygens (including phenoxy) is 1. The third-order valence-electron chi connectivity index (χ3n) is 4.04. The molecule has 27 heavy (non-hydrogen) atoms. The van der Waals surface area contributed by atoms with Gasteiger partial charge in [-0.2, -0.15) is 0 Å². The van der Waals surface area contributed by atoms with E-state index in [1.54, 1.807) is 31.2 Å². The van der Waals surface area contributed by atoms with Crippen LogP contribution in [-0.4, -0.2) is 34.1 Å². The second-order valence-electron chi connectivity index (χ2n) is 6.73. The second kappa shape index (κ2) is 9.12. The van der Waals surface area contributed by atoms with Gasteiger partial charge >= 0.3 is 0 Å². The van der Waals surface area contributed by atoms with E-state index in [4.69, 9.17) is 4.74 Å². The molecule has 0 saturated heterocycles. The maximum Gasteiger partial charge on any atom is 0.255 e. The standard InChI is InChI=1S/C20H26N2O4S/c1-14(2)16-5-7-17(8-6-16)20(23)21-18-9-11-19(12-10-18)27(24,25)22-15(3)13-26-4/h5-12,14-15,22H,13H2,1-4H3,(H,21,23). The summed E-state index contributed by atoms with van der Waals surface area (Å²) in [5, 5.41) is 2.77. The maximum atomic E-state index is 12.3. The van der Waals surface area contributed by atoms with Crippen LogP contribution < -0.4 is 10.0 Å². The average Bonchev–Trinajstić information content (AvgIpc) is 2.62. The molecule has 0 heterocycles. The lowest BCUT2D eigenvalue weighted by atomic mass is 10.0. The fourth-order valence-corrected chi connectivity index (χ4v) is 3.79. The molecule has 0 aliphatic heterocycles. The van der Waals surface area contributed by atoms with E-state index in [0.717, 1.165) is 5.56 Å². The molecule has 0 fully saturated rings. The topological polar surface area (TPSA) is 84.5 Å². The number of sulfonamides is 1. The van der Waals surface area contributed by atoms with Gasteiger partial charge in [-0.3, -0.25) is 4.79 Å². The summed E-state index contributed by atoms with van der Waals surface area (Å²) in [6.07, 6.45) is 0. The number of amides is 1. The first-order chi connectivity index (χ1) is 12.7. The van der Waals surface area contributed by atoms with Crippen LogP contribution in [0, 0.1) is 0 Å². The van der Waals surface area contributed by atoms with Gasteiger partial charge in [-0.05, 0) is 54.8 Å². The van der Waals surface area contributed by atoms with E-state index in [-0.39, 0.29) is 23.5 Å². The Bertz CT molecular complexity index is 860. The Morgan fingerprint density at radius 1 is 1.00 bits per heavy atom. The number of anilines is 1. The molecular formula is C20H26N2O4S. The second-order valence-corrected chi connectivity index (χ2v) is 8.45. The van der Waals surface area contributed by atoms with Crippen molar-refractivity contribution in [2.24, 2.45) is 0 Å². The number of carbonyl (C=O) groups is 1. The van der Waals surface area contributed by atoms with Crippen LogP contribution in [0.5, 0.6) is 0 Å². The van der Waals surface area contributed by atoms with Gasteiger partial charge in [-0.25, -0.2) is 13.1 Å². The predicted octanol–water partition coefficient (Wildman–Crippen LogP) is 3.38. The lowest BCUT2D eigenvalue weighted by molar-refractivity contribution is 0.102. The lowest BCUT2D eigenvalue weighted by Crippen LogP contribution is -2.35. The van der Waals surface area contributed by atoms with E-state index >= 15 is 0 Å². The zero-order chi connectivity index (χ0) is 20.0. The van der Waals surface area contributed by atoms with Gasteiger partial charge in [0.1, 0.15) is 0 Å². The van der Waals surface area contributed by atoms with Crippen LogP contribution in [-0.2, 0) is 14.8 Å². The van der Waals surface area contributed by atoms with Crippen LogP contribution in [0.2, 0.25) is 0 Å². The van der Waals surface area contributed by atoms with Gasteiger partial charge in [0, 0.05) is 24.4 Å². The fourth-order valence-electron chi connectivity index (χ4n) is 2.56. The van der Waals surface area contributed by atoms with Crippen molar-refractivity contribution in [3.05, 3.63) is 59.7 Å². The third-order valence-corrected chi connectivity index (χ3v) is 5.64. The van der Waals surface area contributed by atoms with Gasteiger partial charge in [-0.1, -0.05) is 26.0 Å². The van der Waals surface area contributed by atoms with Crippen molar-refractivity contribution in [3.63, 3.8) is 0 Å². The summed E-state index contributed by atoms with van der Waals surface area (Å²) in [5.74, 6) is 0.157. The van der Waals surface area contributed by atoms with Crippen molar-refractivity contribution in [1.29, 1.82) is 0 Å². The van der Waals surface area contributed by atoms with Crippen molar-refractivity contribution in [2.75, 3.05) is 19.0 Å². The Balaban J connectivity index is 2.05. The normalized spacial score (nSPS) is 12.8. The molecule has 1 atom stereocenters. The number of nitrogens with one attached hydrogen (secondary N) is 2. The highest BCUT2D eigenvalue weighted by atomic mass is 32.2. The smallest absolute Gasteiger partial charge is 0.255 e. The third kappa shape index (κ3) is 5.89. The minimum atomic E-state index is -3.63. The zero-order valence-corrected chi connectivity index (χ0v) is 16.8. The van der Waals surface area contributed by atoms with Crippen LogP contribution in [0.3, 0.4) is 0 Å². The molecule has 0 spiro atoms. The van der Waals surface area contributed by atoms with Crippen molar-refractivity contribution < 1.29 is 17.9 Å². The molecule has 2 aromatic rings. The highest BCUT2D eigenvalue weighted by Crippen LogP contribution is 2.17. The summed E-state index contributed by atoms with van der Waals surface area (Å²) in [5.41, 5.74) is 2.24. The number of carbonyl (C=O) groups excluding carboxylic acids is 1. The molecule has 0 bridgehead atoms. The van der Waals surface area contributed by atoms with Crippen LogP contribution in [0.4, 0.5) is 5.69 Å². The average molecular weight is 391 g/mol. The zero-order valence-electron chi connectivity index (χ0n) is 16.0. The monoisotopic (exact) mass is 390 g/mol. The summed E-state index contributed by atoms with van der Waals surface area (Å²) < 4.78 is 32.1. The molecule has 0 aromatic heterocycles. The summed E-state index contributed by atoms with van der Waals surface area (Å²) >= 11 is 0. The number of hydrogen-bond acceptors (Lipinski definition) is 4. The Morgan fingerprint density at radius 3 is 2.11 bits per heavy atom. The molecule has 6 nitrogen and oxygen atoms in total. The summed E-state index contributed by atoms with van der Waals surface area (Å²) in [7, 11) is -2.12. The van der Waals surface area contributed by atoms with Gasteiger partial charge in [0.25, 0.3) is 5.91 Å². The number of methoxy groups -OCH3 is 1. The summed E-state index contributed by atoms with van der Waals surface area (Å²) in [4.78, 5) is 12.5. The van der Waals surface area contributed by atoms with E-state index in [2.05, 4.69) is 23.9 Å². The van der Waals surface area contributed by atoms with Gasteiger partial charge in [0.15, 0.2) is 0 Å². The molecular weight excluding hydrogens is 364 g/mol. The first kappa shape index (κ1) is 21.1. The molecule has 0 aliphatic carbocycles. The largest absolute Gasteiger partial charge is 0.383 e. The first-order valence-electron chi connectivity index (χ1n) is 8.75. The molecule has 1 amide bonds. The van der Waals surface area contributed by atoms with Gasteiger partial charge < -0.3 is 10.1 Å². The highest BCUT2D eigenvalue weighted by Gasteiger charge is 2.17. The molecule has 7 heteroatoms. The number of benzene rings is 2. The van der Waals surface area contributed by atoms with Crippen LogP contribution in [0.1, 0.15) is 42.6 Å². The van der Waals surface area contributed by atoms with Crippen molar-refractivity contribution in [3.8, 4) is 0 Å². The first-order valence-corrected chi connectivity index (χ1v) is 10.2. The van der Waals surface area contributed by atoms with Crippen molar-refractivity contribution >= 4 is 21.6 Å². The molecule has 2 aromatic carbocycles. The van der Waals surface area contributed by atoms with Gasteiger partial charge in [0.05, 0.1) is 11.5 Å². The summed E-state index contributed by atoms with van der Waals surface area (Å²) in [6, 6.07) is 13.1. The molecule has 0 aliphatic rings. The fraction of sp³-hybridized carbons (Fsp3) is 0.350. The van der Waals surface area contributed by atoms with E-state index in [0.29, 0.717) is 17.2 Å². The number of rotatable bonds is 8. The molecule has 146 valence electrons. The highest BCUT2D eigenvalue weighted by molar-refractivity contribution is 7.89. The molecule has 1 unspecified atom stereocenters. The van der Waals surface area contributed by atoms with E-state index in [1.165, 1.54) is 19.2 Å². The Labute approximate surface area is 161 Å². The van der Waals surface area contributed by atoms with E-state index in [9.17, 15) is 13.2 Å². The van der Waals surface area contributed by atoms with E-state index in [1.807, 2.05) is 12.1 Å². The molecule has 2 rings (SSSR count). The Hall–Kier alpha value is -2.22. The van der Waals surface area contributed by atoms with Crippen LogP contribution in [0.25, 0.3) is 0 Å². The Kier molecular flexibility index (Phi) is 7.12. The van der Waals surface area contributed by atoms with Gasteiger partial charge in [0.2, 0.25) is 10.0 Å². The van der Waals surface area contributed by atoms with Crippen molar-refractivity contribution in [1.82, 2.24) is 4.72 Å². The van der Waals surface area contributed by atoms with Crippen LogP contribution >= 0.6 is 0 Å². The quantitative estimate of drug-likeness (QED) is 0.724. The van der Waals surface area contributed by atoms with Gasteiger partial charge in [-0.15, -0.1) is 0 Å². The van der Waals surface area contributed by atoms with Crippen LogP contribution in [0.15, 0.2) is 53.4 Å². The molecule has 2 N–H and O–H groups in total. The van der Waals surface area contributed by atoms with E-state index < -0.39 is 10.0 Å².